The van der Waals surface area contributed by atoms with Crippen molar-refractivity contribution < 1.29 is 4.42 Å². The van der Waals surface area contributed by atoms with Gasteiger partial charge in [0.1, 0.15) is 0 Å². The molecule has 0 unspecified atom stereocenters. The highest BCUT2D eigenvalue weighted by Crippen LogP contribution is 2.23. The summed E-state index contributed by atoms with van der Waals surface area (Å²) in [6.07, 6.45) is 2.91. The molecule has 1 aromatic heterocycles. The van der Waals surface area contributed by atoms with E-state index in [0.717, 1.165) is 30.2 Å². The molecule has 0 spiro atoms. The molecule has 102 valence electrons. The van der Waals surface area contributed by atoms with E-state index in [4.69, 9.17) is 4.42 Å². The summed E-state index contributed by atoms with van der Waals surface area (Å²) in [5.74, 6) is 2.14. The van der Waals surface area contributed by atoms with Crippen LogP contribution in [0, 0.1) is 0 Å². The van der Waals surface area contributed by atoms with E-state index < -0.39 is 0 Å². The fourth-order valence-corrected chi connectivity index (χ4v) is 1.93. The zero-order chi connectivity index (χ0) is 13.7. The maximum Gasteiger partial charge on any atom is 0.208 e. The maximum absolute atomic E-state index is 5.74. The normalized spacial score (nSPS) is 11.2. The largest absolute Gasteiger partial charge is 0.439 e. The van der Waals surface area contributed by atoms with E-state index in [0.29, 0.717) is 12.5 Å². The third-order valence-corrected chi connectivity index (χ3v) is 3.12. The number of aromatic nitrogens is 1. The molecule has 0 aliphatic heterocycles. The van der Waals surface area contributed by atoms with Crippen LogP contribution in [0.2, 0.25) is 0 Å². The predicted octanol–water partition coefficient (Wildman–Crippen LogP) is 3.96. The third kappa shape index (κ3) is 3.67. The smallest absolute Gasteiger partial charge is 0.208 e. The third-order valence-electron chi connectivity index (χ3n) is 3.12. The molecule has 2 aromatic rings. The van der Waals surface area contributed by atoms with Gasteiger partial charge in [0.25, 0.3) is 0 Å². The highest BCUT2D eigenvalue weighted by atomic mass is 16.4. The first kappa shape index (κ1) is 13.8. The predicted molar refractivity (Wildman–Crippen MR) is 78.0 cm³/mol. The van der Waals surface area contributed by atoms with Crippen LogP contribution in [0.5, 0.6) is 0 Å². The van der Waals surface area contributed by atoms with Crippen LogP contribution in [-0.4, -0.2) is 11.5 Å². The lowest BCUT2D eigenvalue weighted by molar-refractivity contribution is 0.478. The molecule has 1 heterocycles. The second-order valence-electron chi connectivity index (χ2n) is 5.07. The molecule has 0 saturated carbocycles. The van der Waals surface area contributed by atoms with Crippen molar-refractivity contribution in [1.82, 2.24) is 10.3 Å². The average Bonchev–Trinajstić information content (AvgIpc) is 2.88. The molecule has 0 aliphatic rings. The van der Waals surface area contributed by atoms with Gasteiger partial charge in [-0.05, 0) is 24.4 Å². The maximum atomic E-state index is 5.74. The molecule has 0 amide bonds. The number of hydrogen-bond donors (Lipinski definition) is 1. The summed E-state index contributed by atoms with van der Waals surface area (Å²) >= 11 is 0. The van der Waals surface area contributed by atoms with Crippen LogP contribution in [-0.2, 0) is 6.54 Å². The lowest BCUT2D eigenvalue weighted by Gasteiger charge is -2.05. The zero-order valence-corrected chi connectivity index (χ0v) is 11.9. The van der Waals surface area contributed by atoms with Gasteiger partial charge in [-0.15, -0.1) is 0 Å². The van der Waals surface area contributed by atoms with E-state index in [1.165, 1.54) is 5.56 Å². The number of rotatable bonds is 6. The summed E-state index contributed by atoms with van der Waals surface area (Å²) < 4.78 is 5.74. The monoisotopic (exact) mass is 258 g/mol. The van der Waals surface area contributed by atoms with E-state index in [1.54, 1.807) is 6.20 Å². The SMILES string of the molecule is CCCNCc1ncc(-c2ccc(C(C)C)cc2)o1. The van der Waals surface area contributed by atoms with Crippen LogP contribution in [0.4, 0.5) is 0 Å². The fraction of sp³-hybridized carbons (Fsp3) is 0.438. The summed E-state index contributed by atoms with van der Waals surface area (Å²) in [4.78, 5) is 4.29. The van der Waals surface area contributed by atoms with E-state index in [-0.39, 0.29) is 0 Å². The molecular weight excluding hydrogens is 236 g/mol. The summed E-state index contributed by atoms with van der Waals surface area (Å²) in [5.41, 5.74) is 2.42. The molecule has 2 rings (SSSR count). The number of benzene rings is 1. The summed E-state index contributed by atoms with van der Waals surface area (Å²) in [6, 6.07) is 8.49. The highest BCUT2D eigenvalue weighted by Gasteiger charge is 2.06. The Morgan fingerprint density at radius 3 is 2.58 bits per heavy atom. The van der Waals surface area contributed by atoms with Crippen LogP contribution in [0.25, 0.3) is 11.3 Å². The Morgan fingerprint density at radius 1 is 1.21 bits per heavy atom. The summed E-state index contributed by atoms with van der Waals surface area (Å²) in [5, 5.41) is 3.28. The van der Waals surface area contributed by atoms with Crippen molar-refractivity contribution >= 4 is 0 Å². The molecule has 0 radical (unpaired) electrons. The van der Waals surface area contributed by atoms with E-state index in [1.807, 2.05) is 0 Å². The Morgan fingerprint density at radius 2 is 1.95 bits per heavy atom. The first-order valence-corrected chi connectivity index (χ1v) is 6.96. The summed E-state index contributed by atoms with van der Waals surface area (Å²) in [6.45, 7) is 8.21. The molecular formula is C16H22N2O. The van der Waals surface area contributed by atoms with Gasteiger partial charge in [0.05, 0.1) is 12.7 Å². The Hall–Kier alpha value is -1.61. The minimum absolute atomic E-state index is 0.553. The van der Waals surface area contributed by atoms with Crippen LogP contribution in [0.15, 0.2) is 34.9 Å². The molecule has 1 N–H and O–H groups in total. The van der Waals surface area contributed by atoms with Crippen molar-refractivity contribution in [3.8, 4) is 11.3 Å². The minimum atomic E-state index is 0.553. The van der Waals surface area contributed by atoms with Crippen molar-refractivity contribution in [3.05, 3.63) is 41.9 Å². The quantitative estimate of drug-likeness (QED) is 0.797. The van der Waals surface area contributed by atoms with Gasteiger partial charge in [0, 0.05) is 5.56 Å². The molecule has 0 aliphatic carbocycles. The van der Waals surface area contributed by atoms with Crippen LogP contribution >= 0.6 is 0 Å². The Balaban J connectivity index is 2.05. The molecule has 1 aromatic carbocycles. The lowest BCUT2D eigenvalue weighted by Crippen LogP contribution is -2.13. The Kier molecular flexibility index (Phi) is 4.74. The van der Waals surface area contributed by atoms with Gasteiger partial charge in [-0.3, -0.25) is 0 Å². The van der Waals surface area contributed by atoms with Crippen molar-refractivity contribution in [2.24, 2.45) is 0 Å². The number of oxazole rings is 1. The van der Waals surface area contributed by atoms with Crippen LogP contribution in [0.1, 0.15) is 44.6 Å². The molecule has 0 saturated heterocycles. The van der Waals surface area contributed by atoms with Crippen molar-refractivity contribution in [1.29, 1.82) is 0 Å². The van der Waals surface area contributed by atoms with Gasteiger partial charge >= 0.3 is 0 Å². The zero-order valence-electron chi connectivity index (χ0n) is 11.9. The van der Waals surface area contributed by atoms with Gasteiger partial charge in [-0.2, -0.15) is 0 Å². The Bertz CT molecular complexity index is 500. The Labute approximate surface area is 115 Å². The number of nitrogens with one attached hydrogen (secondary N) is 1. The first-order chi connectivity index (χ1) is 9.20. The van der Waals surface area contributed by atoms with E-state index >= 15 is 0 Å². The molecule has 3 heteroatoms. The van der Waals surface area contributed by atoms with E-state index in [2.05, 4.69) is 55.3 Å². The van der Waals surface area contributed by atoms with Gasteiger partial charge < -0.3 is 9.73 Å². The lowest BCUT2D eigenvalue weighted by atomic mass is 10.0. The molecule has 19 heavy (non-hydrogen) atoms. The van der Waals surface area contributed by atoms with Gasteiger partial charge in [-0.25, -0.2) is 4.98 Å². The van der Waals surface area contributed by atoms with Crippen molar-refractivity contribution in [2.75, 3.05) is 6.54 Å². The number of nitrogens with zero attached hydrogens (tertiary/aromatic N) is 1. The van der Waals surface area contributed by atoms with Crippen LogP contribution in [0.3, 0.4) is 0 Å². The summed E-state index contributed by atoms with van der Waals surface area (Å²) in [7, 11) is 0. The molecule has 0 bridgehead atoms. The number of hydrogen-bond acceptors (Lipinski definition) is 3. The van der Waals surface area contributed by atoms with Gasteiger partial charge in [0.15, 0.2) is 5.76 Å². The topological polar surface area (TPSA) is 38.1 Å². The van der Waals surface area contributed by atoms with Crippen molar-refractivity contribution in [2.45, 2.75) is 39.7 Å². The van der Waals surface area contributed by atoms with Gasteiger partial charge in [-0.1, -0.05) is 45.0 Å². The second kappa shape index (κ2) is 6.53. The second-order valence-corrected chi connectivity index (χ2v) is 5.07. The first-order valence-electron chi connectivity index (χ1n) is 6.96. The molecule has 3 nitrogen and oxygen atoms in total. The fourth-order valence-electron chi connectivity index (χ4n) is 1.93. The molecule has 0 atom stereocenters. The van der Waals surface area contributed by atoms with E-state index in [9.17, 15) is 0 Å². The highest BCUT2D eigenvalue weighted by molar-refractivity contribution is 5.56. The van der Waals surface area contributed by atoms with Crippen molar-refractivity contribution in [3.63, 3.8) is 0 Å². The van der Waals surface area contributed by atoms with Crippen LogP contribution < -0.4 is 5.32 Å². The molecule has 0 fully saturated rings. The van der Waals surface area contributed by atoms with Gasteiger partial charge in [0.2, 0.25) is 5.89 Å². The minimum Gasteiger partial charge on any atom is -0.439 e. The average molecular weight is 258 g/mol. The standard InChI is InChI=1S/C16H22N2O/c1-4-9-17-11-16-18-10-15(19-16)14-7-5-13(6-8-14)12(2)3/h5-8,10,12,17H,4,9,11H2,1-3H3.